The van der Waals surface area contributed by atoms with Gasteiger partial charge >= 0.3 is 0 Å². The normalized spacial score (nSPS) is 18.9. The van der Waals surface area contributed by atoms with Crippen LogP contribution in [0.15, 0.2) is 101 Å². The van der Waals surface area contributed by atoms with Crippen molar-refractivity contribution in [1.82, 2.24) is 5.01 Å². The van der Waals surface area contributed by atoms with Gasteiger partial charge in [0.1, 0.15) is 0 Å². The minimum atomic E-state index is -0.0779. The summed E-state index contributed by atoms with van der Waals surface area (Å²) in [7, 11) is 0.723. The van der Waals surface area contributed by atoms with Crippen LogP contribution in [0.5, 0.6) is 0 Å². The first-order valence-electron chi connectivity index (χ1n) is 11.5. The summed E-state index contributed by atoms with van der Waals surface area (Å²) in [5.41, 5.74) is 4.80. The molecule has 0 saturated carbocycles. The standard InChI is InChI=1S/C28H38ClN2OP/c1-5-7-9-10-13-16-25(17-14-11-12-15-20-29)22-27-23-28(30-31(27)24(3)32)26(18-8-6-2)19-21-33-4/h5-10,13,15-16,18-22,27,33H,11-12,14,17,23H2,1-4H3/b7-5+,8-6+,10-9-,16-13+,20-15+,21-19+,25-22-,26-18+. The Labute approximate surface area is 207 Å². The molecule has 0 radical (unpaired) electrons. The van der Waals surface area contributed by atoms with Crippen molar-refractivity contribution in [3.05, 3.63) is 95.4 Å². The van der Waals surface area contributed by atoms with E-state index in [1.54, 1.807) is 17.5 Å². The predicted octanol–water partition coefficient (Wildman–Crippen LogP) is 8.22. The molecule has 0 N–H and O–H groups in total. The van der Waals surface area contributed by atoms with Crippen LogP contribution in [0.2, 0.25) is 0 Å². The lowest BCUT2D eigenvalue weighted by Gasteiger charge is -2.18. The van der Waals surface area contributed by atoms with Gasteiger partial charge in [-0.15, -0.1) is 8.58 Å². The molecule has 1 aliphatic heterocycles. The maximum atomic E-state index is 12.4. The highest BCUT2D eigenvalue weighted by molar-refractivity contribution is 7.40. The number of hydrogen-bond donors (Lipinski definition) is 0. The fourth-order valence-electron chi connectivity index (χ4n) is 3.30. The van der Waals surface area contributed by atoms with Crippen molar-refractivity contribution in [3.8, 4) is 0 Å². The van der Waals surface area contributed by atoms with Crippen LogP contribution in [0.4, 0.5) is 0 Å². The molecule has 1 aliphatic rings. The number of unbranched alkanes of at least 4 members (excludes halogenated alkanes) is 2. The summed E-state index contributed by atoms with van der Waals surface area (Å²) < 4.78 is 0. The van der Waals surface area contributed by atoms with Crippen molar-refractivity contribution in [2.45, 2.75) is 58.9 Å². The third kappa shape index (κ3) is 12.0. The highest BCUT2D eigenvalue weighted by Gasteiger charge is 2.28. The number of hydrazone groups is 1. The van der Waals surface area contributed by atoms with Gasteiger partial charge in [-0.1, -0.05) is 90.3 Å². The summed E-state index contributed by atoms with van der Waals surface area (Å²) in [5, 5.41) is 6.33. The van der Waals surface area contributed by atoms with Gasteiger partial charge in [0.2, 0.25) is 5.91 Å². The summed E-state index contributed by atoms with van der Waals surface area (Å²) in [6.07, 6.45) is 29.4. The molecule has 0 aliphatic carbocycles. The molecule has 178 valence electrons. The van der Waals surface area contributed by atoms with Gasteiger partial charge in [0.15, 0.2) is 0 Å². The zero-order chi connectivity index (χ0) is 24.3. The van der Waals surface area contributed by atoms with E-state index in [9.17, 15) is 4.79 Å². The van der Waals surface area contributed by atoms with Gasteiger partial charge in [-0.25, -0.2) is 5.01 Å². The third-order valence-corrected chi connectivity index (χ3v) is 5.59. The molecule has 1 heterocycles. The van der Waals surface area contributed by atoms with E-state index >= 15 is 0 Å². The van der Waals surface area contributed by atoms with Crippen molar-refractivity contribution in [3.63, 3.8) is 0 Å². The first kappa shape index (κ1) is 28.8. The number of hydrogen-bond acceptors (Lipinski definition) is 2. The van der Waals surface area contributed by atoms with Crippen molar-refractivity contribution >= 4 is 31.8 Å². The first-order chi connectivity index (χ1) is 16.1. The summed E-state index contributed by atoms with van der Waals surface area (Å²) in [6.45, 7) is 7.72. The number of allylic oxidation sites excluding steroid dienone is 13. The number of rotatable bonds is 13. The van der Waals surface area contributed by atoms with Crippen molar-refractivity contribution < 1.29 is 4.79 Å². The number of nitrogens with zero attached hydrogens (tertiary/aromatic N) is 2. The summed E-state index contributed by atoms with van der Waals surface area (Å²) in [5.74, 6) is 2.11. The molecule has 0 aromatic rings. The Kier molecular flexibility index (Phi) is 15.9. The van der Waals surface area contributed by atoms with E-state index in [-0.39, 0.29) is 11.9 Å². The monoisotopic (exact) mass is 484 g/mol. The van der Waals surface area contributed by atoms with Crippen LogP contribution in [0.1, 0.15) is 52.9 Å². The second kappa shape index (κ2) is 18.2. The van der Waals surface area contributed by atoms with E-state index in [2.05, 4.69) is 42.9 Å². The maximum Gasteiger partial charge on any atom is 0.240 e. The summed E-state index contributed by atoms with van der Waals surface area (Å²) in [6, 6.07) is -0.0779. The zero-order valence-corrected chi connectivity index (χ0v) is 22.1. The molecule has 0 aromatic heterocycles. The topological polar surface area (TPSA) is 32.7 Å². The average molecular weight is 485 g/mol. The third-order valence-electron chi connectivity index (χ3n) is 4.92. The predicted molar refractivity (Wildman–Crippen MR) is 149 cm³/mol. The quantitative estimate of drug-likeness (QED) is 0.147. The number of carbonyl (C=O) groups is 1. The lowest BCUT2D eigenvalue weighted by Crippen LogP contribution is -2.29. The molecule has 0 saturated heterocycles. The molecule has 3 nitrogen and oxygen atoms in total. The Morgan fingerprint density at radius 1 is 1.12 bits per heavy atom. The Bertz CT molecular complexity index is 872. The van der Waals surface area contributed by atoms with E-state index in [4.69, 9.17) is 16.7 Å². The van der Waals surface area contributed by atoms with E-state index in [1.807, 2.05) is 56.4 Å². The highest BCUT2D eigenvalue weighted by Crippen LogP contribution is 2.25. The minimum Gasteiger partial charge on any atom is -0.273 e. The first-order valence-corrected chi connectivity index (χ1v) is 13.5. The van der Waals surface area contributed by atoms with Crippen LogP contribution >= 0.6 is 20.2 Å². The van der Waals surface area contributed by atoms with Crippen molar-refractivity contribution in [2.75, 3.05) is 6.66 Å². The van der Waals surface area contributed by atoms with E-state index in [1.165, 1.54) is 5.57 Å². The zero-order valence-electron chi connectivity index (χ0n) is 20.4. The maximum absolute atomic E-state index is 12.4. The Balaban J connectivity index is 3.15. The van der Waals surface area contributed by atoms with Crippen LogP contribution < -0.4 is 0 Å². The van der Waals surface area contributed by atoms with Gasteiger partial charge in [0.05, 0.1) is 11.8 Å². The van der Waals surface area contributed by atoms with E-state index in [0.717, 1.165) is 45.5 Å². The van der Waals surface area contributed by atoms with Gasteiger partial charge in [-0.3, -0.25) is 4.79 Å². The average Bonchev–Trinajstić information content (AvgIpc) is 3.22. The molecule has 0 bridgehead atoms. The summed E-state index contributed by atoms with van der Waals surface area (Å²) >= 11 is 5.64. The second-order valence-electron chi connectivity index (χ2n) is 7.57. The van der Waals surface area contributed by atoms with E-state index < -0.39 is 0 Å². The smallest absolute Gasteiger partial charge is 0.240 e. The fourth-order valence-corrected chi connectivity index (χ4v) is 3.77. The molecular weight excluding hydrogens is 447 g/mol. The fraction of sp³-hybridized carbons (Fsp3) is 0.357. The largest absolute Gasteiger partial charge is 0.273 e. The number of amides is 1. The molecule has 5 heteroatoms. The van der Waals surface area contributed by atoms with Gasteiger partial charge in [0, 0.05) is 18.9 Å². The Morgan fingerprint density at radius 3 is 2.55 bits per heavy atom. The molecule has 1 rings (SSSR count). The lowest BCUT2D eigenvalue weighted by atomic mass is 9.99. The van der Waals surface area contributed by atoms with Crippen LogP contribution in [0.3, 0.4) is 0 Å². The molecule has 0 fully saturated rings. The molecule has 0 aromatic carbocycles. The summed E-state index contributed by atoms with van der Waals surface area (Å²) in [4.78, 5) is 12.4. The highest BCUT2D eigenvalue weighted by atomic mass is 35.5. The Hall–Kier alpha value is -2.22. The van der Waals surface area contributed by atoms with Gasteiger partial charge < -0.3 is 0 Å². The molecule has 2 atom stereocenters. The van der Waals surface area contributed by atoms with Crippen LogP contribution in [0, 0.1) is 0 Å². The molecule has 0 spiro atoms. The molecule has 33 heavy (non-hydrogen) atoms. The minimum absolute atomic E-state index is 0.0402. The van der Waals surface area contributed by atoms with Crippen LogP contribution in [0.25, 0.3) is 0 Å². The van der Waals surface area contributed by atoms with Crippen LogP contribution in [-0.2, 0) is 4.79 Å². The van der Waals surface area contributed by atoms with Gasteiger partial charge in [-0.2, -0.15) is 5.10 Å². The second-order valence-corrected chi connectivity index (χ2v) is 8.73. The molecular formula is C28H38ClN2OP. The van der Waals surface area contributed by atoms with Gasteiger partial charge in [0.25, 0.3) is 0 Å². The van der Waals surface area contributed by atoms with Gasteiger partial charge in [-0.05, 0) is 57.3 Å². The SMILES string of the molecule is C/C=C/C=C\C=C\C(=C\C1CC(C(/C=C/PC)=C/C=C/C)=NN1C(C)=O)CCCC/C=C/Cl. The van der Waals surface area contributed by atoms with Crippen molar-refractivity contribution in [1.29, 1.82) is 0 Å². The van der Waals surface area contributed by atoms with Crippen molar-refractivity contribution in [2.24, 2.45) is 5.10 Å². The van der Waals surface area contributed by atoms with Crippen LogP contribution in [-0.4, -0.2) is 29.3 Å². The number of halogens is 1. The Morgan fingerprint density at radius 2 is 1.88 bits per heavy atom. The molecule has 2 unspecified atom stereocenters. The molecule has 1 amide bonds. The lowest BCUT2D eigenvalue weighted by molar-refractivity contribution is -0.129. The van der Waals surface area contributed by atoms with E-state index in [0.29, 0.717) is 6.42 Å². The number of carbonyl (C=O) groups excluding carboxylic acids is 1.